The highest BCUT2D eigenvalue weighted by Gasteiger charge is 2.20. The van der Waals surface area contributed by atoms with Crippen molar-refractivity contribution < 1.29 is 28.6 Å². The molecule has 102 valence electrons. The zero-order valence-electron chi connectivity index (χ0n) is 11.3. The molecule has 0 spiro atoms. The molecular formula is C11H24NO5+. The molecule has 0 saturated heterocycles. The number of aliphatic hydroxyl groups excluding tert-OH is 1. The molecule has 2 atom stereocenters. The summed E-state index contributed by atoms with van der Waals surface area (Å²) >= 11 is 0. The Kier molecular flexibility index (Phi) is 7.29. The van der Waals surface area contributed by atoms with Crippen LogP contribution in [0.2, 0.25) is 0 Å². The highest BCUT2D eigenvalue weighted by Crippen LogP contribution is 2.03. The van der Waals surface area contributed by atoms with Crippen molar-refractivity contribution in [2.24, 2.45) is 0 Å². The van der Waals surface area contributed by atoms with Gasteiger partial charge in [-0.25, -0.2) is 0 Å². The van der Waals surface area contributed by atoms with Crippen LogP contribution < -0.4 is 0 Å². The first-order valence-electron chi connectivity index (χ1n) is 5.53. The maximum absolute atomic E-state index is 11.4. The number of carbonyl (C=O) groups excluding carboxylic acids is 1. The summed E-state index contributed by atoms with van der Waals surface area (Å²) in [5.74, 6) is -0.477. The fraction of sp³-hybridized carbons (Fsp3) is 0.909. The van der Waals surface area contributed by atoms with Gasteiger partial charge < -0.3 is 23.8 Å². The van der Waals surface area contributed by atoms with Crippen LogP contribution in [0, 0.1) is 0 Å². The van der Waals surface area contributed by atoms with Crippen LogP contribution in [0.25, 0.3) is 0 Å². The van der Waals surface area contributed by atoms with Crippen molar-refractivity contribution in [3.8, 4) is 0 Å². The van der Waals surface area contributed by atoms with Crippen LogP contribution in [-0.2, 0) is 19.0 Å². The minimum atomic E-state index is -0.711. The van der Waals surface area contributed by atoms with Gasteiger partial charge in [0.25, 0.3) is 0 Å². The molecule has 0 radical (unpaired) electrons. The highest BCUT2D eigenvalue weighted by molar-refractivity contribution is 5.70. The number of nitrogens with zero attached hydrogens (tertiary/aromatic N) is 1. The van der Waals surface area contributed by atoms with E-state index in [1.807, 2.05) is 21.1 Å². The number of methoxy groups -OCH3 is 1. The van der Waals surface area contributed by atoms with E-state index in [9.17, 15) is 9.90 Å². The first-order valence-corrected chi connectivity index (χ1v) is 5.53. The van der Waals surface area contributed by atoms with Gasteiger partial charge in [0, 0.05) is 7.11 Å². The van der Waals surface area contributed by atoms with E-state index in [-0.39, 0.29) is 13.2 Å². The topological polar surface area (TPSA) is 65.0 Å². The van der Waals surface area contributed by atoms with Crippen LogP contribution in [0.15, 0.2) is 0 Å². The molecule has 0 heterocycles. The molecule has 1 N–H and O–H groups in total. The number of esters is 1. The van der Waals surface area contributed by atoms with E-state index in [4.69, 9.17) is 9.47 Å². The van der Waals surface area contributed by atoms with Gasteiger partial charge in [0.2, 0.25) is 6.29 Å². The Hall–Kier alpha value is -0.690. The third-order valence-electron chi connectivity index (χ3n) is 1.88. The lowest BCUT2D eigenvalue weighted by Crippen LogP contribution is -2.42. The number of hydrogen-bond donors (Lipinski definition) is 1. The van der Waals surface area contributed by atoms with Crippen LogP contribution in [0.5, 0.6) is 0 Å². The Morgan fingerprint density at radius 1 is 1.35 bits per heavy atom. The molecule has 6 nitrogen and oxygen atoms in total. The number of likely N-dealkylation sites (N-methyl/N-ethyl adjacent to an activating group) is 1. The van der Waals surface area contributed by atoms with Gasteiger partial charge >= 0.3 is 5.97 Å². The van der Waals surface area contributed by atoms with Gasteiger partial charge in [-0.15, -0.1) is 0 Å². The SMILES string of the molecule is COCOC(C)OC(=O)CC(O)C[N+](C)(C)C. The molecule has 0 aliphatic heterocycles. The van der Waals surface area contributed by atoms with Gasteiger partial charge in [0.05, 0.1) is 27.6 Å². The molecule has 0 saturated carbocycles. The van der Waals surface area contributed by atoms with Gasteiger partial charge in [-0.3, -0.25) is 4.79 Å². The average Bonchev–Trinajstić information content (AvgIpc) is 2.10. The summed E-state index contributed by atoms with van der Waals surface area (Å²) in [6, 6.07) is 0. The zero-order valence-corrected chi connectivity index (χ0v) is 11.3. The molecule has 6 heteroatoms. The van der Waals surface area contributed by atoms with E-state index in [1.54, 1.807) is 6.92 Å². The van der Waals surface area contributed by atoms with Gasteiger partial charge in [-0.05, 0) is 6.92 Å². The molecule has 2 unspecified atom stereocenters. The second kappa shape index (κ2) is 7.60. The van der Waals surface area contributed by atoms with Crippen molar-refractivity contribution in [2.45, 2.75) is 25.7 Å². The molecule has 17 heavy (non-hydrogen) atoms. The molecule has 0 aromatic rings. The minimum absolute atomic E-state index is 0.0315. The largest absolute Gasteiger partial charge is 0.436 e. The summed E-state index contributed by atoms with van der Waals surface area (Å²) in [6.07, 6.45) is -1.41. The number of hydrogen-bond acceptors (Lipinski definition) is 5. The smallest absolute Gasteiger partial charge is 0.310 e. The maximum atomic E-state index is 11.4. The van der Waals surface area contributed by atoms with Gasteiger partial charge in [0.15, 0.2) is 6.79 Å². The molecule has 0 aliphatic carbocycles. The predicted molar refractivity (Wildman–Crippen MR) is 62.0 cm³/mol. The normalized spacial score (nSPS) is 15.4. The van der Waals surface area contributed by atoms with E-state index in [0.29, 0.717) is 11.0 Å². The molecule has 0 amide bonds. The molecule has 0 rings (SSSR count). The van der Waals surface area contributed by atoms with Gasteiger partial charge in [-0.1, -0.05) is 0 Å². The average molecular weight is 250 g/mol. The monoisotopic (exact) mass is 250 g/mol. The van der Waals surface area contributed by atoms with Crippen molar-refractivity contribution >= 4 is 5.97 Å². The van der Waals surface area contributed by atoms with Crippen molar-refractivity contribution in [3.05, 3.63) is 0 Å². The third-order valence-corrected chi connectivity index (χ3v) is 1.88. The Labute approximate surface area is 103 Å². The van der Waals surface area contributed by atoms with Crippen molar-refractivity contribution in [2.75, 3.05) is 41.6 Å². The summed E-state index contributed by atoms with van der Waals surface area (Å²) in [7, 11) is 7.32. The number of ether oxygens (including phenoxy) is 3. The van der Waals surface area contributed by atoms with E-state index >= 15 is 0 Å². The Balaban J connectivity index is 3.85. The summed E-state index contributed by atoms with van der Waals surface area (Å²) in [6.45, 7) is 2.15. The van der Waals surface area contributed by atoms with Crippen molar-refractivity contribution in [1.82, 2.24) is 0 Å². The fourth-order valence-electron chi connectivity index (χ4n) is 1.32. The maximum Gasteiger partial charge on any atom is 0.310 e. The number of aliphatic hydroxyl groups is 1. The molecule has 0 bridgehead atoms. The lowest BCUT2D eigenvalue weighted by atomic mass is 10.2. The van der Waals surface area contributed by atoms with E-state index in [1.165, 1.54) is 7.11 Å². The molecular weight excluding hydrogens is 226 g/mol. The standard InChI is InChI=1S/C11H24NO5/c1-9(16-8-15-5)17-11(14)6-10(13)7-12(2,3)4/h9-10,13H,6-8H2,1-5H3/q+1. The minimum Gasteiger partial charge on any atom is -0.436 e. The second-order valence-corrected chi connectivity index (χ2v) is 4.96. The summed E-state index contributed by atoms with van der Waals surface area (Å²) < 4.78 is 15.2. The quantitative estimate of drug-likeness (QED) is 0.372. The lowest BCUT2D eigenvalue weighted by molar-refractivity contribution is -0.873. The predicted octanol–water partition coefficient (Wildman–Crippen LogP) is -0.0467. The fourth-order valence-corrected chi connectivity index (χ4v) is 1.32. The van der Waals surface area contributed by atoms with Crippen LogP contribution in [0.1, 0.15) is 13.3 Å². The van der Waals surface area contributed by atoms with Crippen LogP contribution in [-0.4, -0.2) is 69.5 Å². The molecule has 0 aromatic heterocycles. The number of carbonyl (C=O) groups is 1. The first kappa shape index (κ1) is 16.3. The molecule has 0 fully saturated rings. The summed E-state index contributed by atoms with van der Waals surface area (Å²) in [5, 5.41) is 9.66. The first-order chi connectivity index (χ1) is 7.74. The Bertz CT molecular complexity index is 226. The molecule has 0 aliphatic rings. The second-order valence-electron chi connectivity index (χ2n) is 4.96. The highest BCUT2D eigenvalue weighted by atomic mass is 16.8. The number of quaternary nitrogens is 1. The van der Waals surface area contributed by atoms with Crippen LogP contribution in [0.4, 0.5) is 0 Å². The van der Waals surface area contributed by atoms with Crippen LogP contribution in [0.3, 0.4) is 0 Å². The van der Waals surface area contributed by atoms with Crippen LogP contribution >= 0.6 is 0 Å². The van der Waals surface area contributed by atoms with Crippen molar-refractivity contribution in [3.63, 3.8) is 0 Å². The number of rotatable bonds is 8. The van der Waals surface area contributed by atoms with Gasteiger partial charge in [-0.2, -0.15) is 0 Å². The summed E-state index contributed by atoms with van der Waals surface area (Å²) in [4.78, 5) is 11.4. The summed E-state index contributed by atoms with van der Waals surface area (Å²) in [5.41, 5.74) is 0. The lowest BCUT2D eigenvalue weighted by Gasteiger charge is -2.26. The molecule has 0 aromatic carbocycles. The Morgan fingerprint density at radius 3 is 2.41 bits per heavy atom. The van der Waals surface area contributed by atoms with E-state index in [2.05, 4.69) is 4.74 Å². The Morgan fingerprint density at radius 2 is 1.94 bits per heavy atom. The van der Waals surface area contributed by atoms with Gasteiger partial charge in [0.1, 0.15) is 12.6 Å². The van der Waals surface area contributed by atoms with Crippen molar-refractivity contribution in [1.29, 1.82) is 0 Å². The van der Waals surface area contributed by atoms with E-state index < -0.39 is 18.4 Å². The third kappa shape index (κ3) is 10.2. The van der Waals surface area contributed by atoms with E-state index in [0.717, 1.165) is 0 Å². The zero-order chi connectivity index (χ0) is 13.5.